The summed E-state index contributed by atoms with van der Waals surface area (Å²) in [5, 5.41) is 19.8. The summed E-state index contributed by atoms with van der Waals surface area (Å²) in [7, 11) is 0. The van der Waals surface area contributed by atoms with Crippen LogP contribution in [0.2, 0.25) is 0 Å². The van der Waals surface area contributed by atoms with Crippen molar-refractivity contribution < 1.29 is 0 Å². The molecule has 0 amide bonds. The zero-order valence-electron chi connectivity index (χ0n) is 13.8. The largest absolute Gasteiger partial charge is 0.255 e. The highest BCUT2D eigenvalue weighted by Crippen LogP contribution is 2.20. The second kappa shape index (κ2) is 8.15. The molecule has 0 atom stereocenters. The van der Waals surface area contributed by atoms with Crippen LogP contribution >= 0.6 is 0 Å². The zero-order valence-corrected chi connectivity index (χ0v) is 13.8. The molecule has 0 spiro atoms. The third kappa shape index (κ3) is 3.93. The molecule has 2 heterocycles. The molecule has 4 aromatic rings. The number of hydrogen-bond donors (Lipinski definition) is 1. The van der Waals surface area contributed by atoms with Crippen molar-refractivity contribution in [1.82, 2.24) is 25.6 Å². The van der Waals surface area contributed by atoms with Gasteiger partial charge in [-0.15, -0.1) is 15.3 Å². The minimum Gasteiger partial charge on any atom is -0.255 e. The Morgan fingerprint density at radius 1 is 0.875 bits per heavy atom. The first-order chi connectivity index (χ1) is 11.9. The van der Waals surface area contributed by atoms with E-state index in [1.165, 1.54) is 24.8 Å². The number of H-pyrrole nitrogens is 1. The summed E-state index contributed by atoms with van der Waals surface area (Å²) in [4.78, 5) is 0. The van der Waals surface area contributed by atoms with Crippen molar-refractivity contribution >= 4 is 22.1 Å². The average molecular weight is 319 g/mol. The first-order valence-electron chi connectivity index (χ1n) is 8.34. The second-order valence-electron chi connectivity index (χ2n) is 5.67. The van der Waals surface area contributed by atoms with Crippen molar-refractivity contribution in [2.45, 2.75) is 32.6 Å². The number of fused-ring (bicyclic) bond motifs is 3. The Hall–Kier alpha value is -2.82. The van der Waals surface area contributed by atoms with E-state index in [0.717, 1.165) is 22.8 Å². The number of unbranched alkanes of at least 4 members (excludes halogenated alkanes) is 2. The van der Waals surface area contributed by atoms with E-state index < -0.39 is 0 Å². The van der Waals surface area contributed by atoms with Gasteiger partial charge in [0.1, 0.15) is 5.52 Å². The van der Waals surface area contributed by atoms with Gasteiger partial charge < -0.3 is 0 Å². The average Bonchev–Trinajstić information content (AvgIpc) is 3.13. The third-order valence-electron chi connectivity index (χ3n) is 3.85. The van der Waals surface area contributed by atoms with Crippen molar-refractivity contribution in [3.05, 3.63) is 60.2 Å². The maximum absolute atomic E-state index is 4.20. The molecule has 2 aromatic heterocycles. The van der Waals surface area contributed by atoms with Gasteiger partial charge in [-0.1, -0.05) is 73.5 Å². The Morgan fingerprint density at radius 3 is 2.33 bits per heavy atom. The summed E-state index contributed by atoms with van der Waals surface area (Å²) in [5.74, 6) is 0. The van der Waals surface area contributed by atoms with Crippen molar-refractivity contribution in [3.8, 4) is 0 Å². The predicted octanol–water partition coefficient (Wildman–Crippen LogP) is 4.32. The molecule has 0 fully saturated rings. The van der Waals surface area contributed by atoms with Crippen molar-refractivity contribution in [3.63, 3.8) is 0 Å². The molecular formula is C19H21N5. The van der Waals surface area contributed by atoms with Crippen LogP contribution in [0.1, 0.15) is 31.7 Å². The van der Waals surface area contributed by atoms with Crippen LogP contribution in [0.5, 0.6) is 0 Å². The summed E-state index contributed by atoms with van der Waals surface area (Å²) in [6.45, 7) is 2.22. The molecule has 0 bridgehead atoms. The lowest BCUT2D eigenvalue weighted by molar-refractivity contribution is 0.718. The van der Waals surface area contributed by atoms with Gasteiger partial charge in [-0.25, -0.2) is 0 Å². The number of aromatic nitrogens is 5. The number of aryl methyl sites for hydroxylation is 1. The molecule has 4 rings (SSSR count). The van der Waals surface area contributed by atoms with Crippen molar-refractivity contribution in [1.29, 1.82) is 0 Å². The standard InChI is InChI=1S/C13H15N5.C6H6/c1-2-3-4-5-9-6-7-10-11(8-9)14-16-13-12(10)15-18-17-13;1-2-4-6-5-3-1/h6-8H,2-5H2,1H3,(H,15,16,17,18);1-6H. The quantitative estimate of drug-likeness (QED) is 0.569. The van der Waals surface area contributed by atoms with Gasteiger partial charge in [0.25, 0.3) is 0 Å². The van der Waals surface area contributed by atoms with E-state index in [0.29, 0.717) is 5.65 Å². The maximum Gasteiger partial charge on any atom is 0.223 e. The van der Waals surface area contributed by atoms with E-state index in [9.17, 15) is 0 Å². The van der Waals surface area contributed by atoms with E-state index in [-0.39, 0.29) is 0 Å². The van der Waals surface area contributed by atoms with Gasteiger partial charge in [-0.3, -0.25) is 5.10 Å². The van der Waals surface area contributed by atoms with Crippen LogP contribution in [0.3, 0.4) is 0 Å². The van der Waals surface area contributed by atoms with Crippen LogP contribution in [0, 0.1) is 0 Å². The Kier molecular flexibility index (Phi) is 5.45. The molecule has 0 aliphatic heterocycles. The number of nitrogens with zero attached hydrogens (tertiary/aromatic N) is 4. The Bertz CT molecular complexity index is 859. The highest BCUT2D eigenvalue weighted by atomic mass is 15.4. The maximum atomic E-state index is 4.20. The van der Waals surface area contributed by atoms with Gasteiger partial charge in [0, 0.05) is 5.39 Å². The van der Waals surface area contributed by atoms with Crippen LogP contribution < -0.4 is 0 Å². The van der Waals surface area contributed by atoms with Gasteiger partial charge in [0.2, 0.25) is 5.65 Å². The summed E-state index contributed by atoms with van der Waals surface area (Å²) in [6.07, 6.45) is 4.84. The Balaban J connectivity index is 0.000000238. The molecule has 0 saturated heterocycles. The van der Waals surface area contributed by atoms with Crippen molar-refractivity contribution in [2.75, 3.05) is 0 Å². The van der Waals surface area contributed by atoms with Crippen LogP contribution in [-0.2, 0) is 6.42 Å². The fraction of sp³-hybridized carbons (Fsp3) is 0.263. The van der Waals surface area contributed by atoms with Crippen molar-refractivity contribution in [2.24, 2.45) is 0 Å². The number of aromatic amines is 1. The molecule has 0 aliphatic rings. The minimum atomic E-state index is 0.571. The lowest BCUT2D eigenvalue weighted by atomic mass is 10.1. The fourth-order valence-corrected chi connectivity index (χ4v) is 2.57. The zero-order chi connectivity index (χ0) is 16.6. The summed E-state index contributed by atoms with van der Waals surface area (Å²) in [5.41, 5.74) is 3.65. The van der Waals surface area contributed by atoms with E-state index in [4.69, 9.17) is 0 Å². The third-order valence-corrected chi connectivity index (χ3v) is 3.85. The van der Waals surface area contributed by atoms with E-state index >= 15 is 0 Å². The lowest BCUT2D eigenvalue weighted by Gasteiger charge is -2.02. The number of benzene rings is 2. The van der Waals surface area contributed by atoms with Crippen LogP contribution in [0.25, 0.3) is 22.1 Å². The first-order valence-corrected chi connectivity index (χ1v) is 8.34. The number of hydrogen-bond acceptors (Lipinski definition) is 4. The molecule has 2 aromatic carbocycles. The molecule has 24 heavy (non-hydrogen) atoms. The van der Waals surface area contributed by atoms with Crippen LogP contribution in [0.15, 0.2) is 54.6 Å². The smallest absolute Gasteiger partial charge is 0.223 e. The fourth-order valence-electron chi connectivity index (χ4n) is 2.57. The number of rotatable bonds is 4. The van der Waals surface area contributed by atoms with Gasteiger partial charge in [0.05, 0.1) is 5.52 Å². The topological polar surface area (TPSA) is 67.3 Å². The molecule has 5 heteroatoms. The molecule has 0 unspecified atom stereocenters. The molecular weight excluding hydrogens is 298 g/mol. The van der Waals surface area contributed by atoms with Crippen LogP contribution in [0.4, 0.5) is 0 Å². The first kappa shape index (κ1) is 16.1. The van der Waals surface area contributed by atoms with Gasteiger partial charge in [-0.05, 0) is 24.5 Å². The minimum absolute atomic E-state index is 0.571. The van der Waals surface area contributed by atoms with E-state index in [2.05, 4.69) is 50.7 Å². The van der Waals surface area contributed by atoms with Crippen LogP contribution in [-0.4, -0.2) is 25.6 Å². The summed E-state index contributed by atoms with van der Waals surface area (Å²) >= 11 is 0. The molecule has 122 valence electrons. The summed E-state index contributed by atoms with van der Waals surface area (Å²) < 4.78 is 0. The predicted molar refractivity (Wildman–Crippen MR) is 96.7 cm³/mol. The number of nitrogens with one attached hydrogen (secondary N) is 1. The lowest BCUT2D eigenvalue weighted by Crippen LogP contribution is -1.90. The highest BCUT2D eigenvalue weighted by Gasteiger charge is 2.06. The highest BCUT2D eigenvalue weighted by molar-refractivity contribution is 5.99. The SMILES string of the molecule is CCCCCc1ccc2c(c1)nnc1nn[nH]c12.c1ccccc1. The van der Waals surface area contributed by atoms with E-state index in [1.807, 2.05) is 36.4 Å². The van der Waals surface area contributed by atoms with Gasteiger partial charge in [0.15, 0.2) is 0 Å². The van der Waals surface area contributed by atoms with Gasteiger partial charge in [-0.2, -0.15) is 0 Å². The van der Waals surface area contributed by atoms with Gasteiger partial charge >= 0.3 is 0 Å². The Morgan fingerprint density at radius 2 is 1.62 bits per heavy atom. The molecule has 0 aliphatic carbocycles. The molecule has 0 radical (unpaired) electrons. The monoisotopic (exact) mass is 319 g/mol. The molecule has 1 N–H and O–H groups in total. The Labute approximate surface area is 141 Å². The molecule has 0 saturated carbocycles. The molecule has 5 nitrogen and oxygen atoms in total. The summed E-state index contributed by atoms with van der Waals surface area (Å²) in [6, 6.07) is 18.3. The normalized spacial score (nSPS) is 10.5. The second-order valence-corrected chi connectivity index (χ2v) is 5.67. The van der Waals surface area contributed by atoms with E-state index in [1.54, 1.807) is 0 Å².